The molecule has 0 radical (unpaired) electrons. The molecule has 0 aromatic heterocycles. The van der Waals surface area contributed by atoms with E-state index in [9.17, 15) is 14.4 Å². The summed E-state index contributed by atoms with van der Waals surface area (Å²) in [5.74, 6) is -2.05. The van der Waals surface area contributed by atoms with Gasteiger partial charge in [-0.2, -0.15) is 0 Å². The van der Waals surface area contributed by atoms with Crippen molar-refractivity contribution >= 4 is 35.0 Å². The molecule has 39 heavy (non-hydrogen) atoms. The van der Waals surface area contributed by atoms with Crippen LogP contribution in [0.15, 0.2) is 36.4 Å². The lowest BCUT2D eigenvalue weighted by Crippen LogP contribution is -2.57. The number of anilines is 1. The summed E-state index contributed by atoms with van der Waals surface area (Å²) in [5.41, 5.74) is -0.557. The zero-order valence-corrected chi connectivity index (χ0v) is 23.2. The molecule has 9 heteroatoms. The number of likely N-dealkylation sites (tertiary alicyclic amines) is 2. The summed E-state index contributed by atoms with van der Waals surface area (Å²) in [7, 11) is 0. The first-order valence-corrected chi connectivity index (χ1v) is 15.1. The molecular weight excluding hydrogens is 516 g/mol. The van der Waals surface area contributed by atoms with Gasteiger partial charge in [-0.15, -0.1) is 0 Å². The van der Waals surface area contributed by atoms with Crippen molar-refractivity contribution in [2.24, 2.45) is 11.8 Å². The largest absolute Gasteiger partial charge is 0.359 e. The Morgan fingerprint density at radius 3 is 2.49 bits per heavy atom. The monoisotopic (exact) mass is 554 g/mol. The number of carbonyl (C=O) groups excluding carboxylic acids is 3. The van der Waals surface area contributed by atoms with Gasteiger partial charge in [0.05, 0.1) is 17.9 Å². The highest BCUT2D eigenvalue weighted by Crippen LogP contribution is 2.55. The van der Waals surface area contributed by atoms with Gasteiger partial charge in [-0.25, -0.2) is 0 Å². The average molecular weight is 555 g/mol. The average Bonchev–Trinajstić information content (AvgIpc) is 3.47. The maximum Gasteiger partial charge on any atom is 0.246 e. The molecule has 0 unspecified atom stereocenters. The van der Waals surface area contributed by atoms with Gasteiger partial charge in [0.2, 0.25) is 17.7 Å². The van der Waals surface area contributed by atoms with Crippen LogP contribution >= 0.6 is 11.6 Å². The number of carbonyl (C=O) groups is 3. The van der Waals surface area contributed by atoms with Crippen LogP contribution in [-0.2, 0) is 19.1 Å². The summed E-state index contributed by atoms with van der Waals surface area (Å²) in [4.78, 5) is 45.8. The highest BCUT2D eigenvalue weighted by Gasteiger charge is 2.72. The van der Waals surface area contributed by atoms with E-state index in [4.69, 9.17) is 16.3 Å². The summed E-state index contributed by atoms with van der Waals surface area (Å²) < 4.78 is 6.48. The van der Waals surface area contributed by atoms with Gasteiger partial charge in [-0.1, -0.05) is 61.9 Å². The number of benzene rings is 1. The molecule has 5 atom stereocenters. The predicted octanol–water partition coefficient (Wildman–Crippen LogP) is 3.75. The Kier molecular flexibility index (Phi) is 7.71. The van der Waals surface area contributed by atoms with Gasteiger partial charge < -0.3 is 25.2 Å². The van der Waals surface area contributed by atoms with Crippen LogP contribution < -0.4 is 10.6 Å². The summed E-state index contributed by atoms with van der Waals surface area (Å²) in [6.07, 6.45) is 13.3. The van der Waals surface area contributed by atoms with Crippen LogP contribution in [0.4, 0.5) is 5.69 Å². The molecule has 2 bridgehead atoms. The Balaban J connectivity index is 1.26. The van der Waals surface area contributed by atoms with Gasteiger partial charge in [-0.3, -0.25) is 14.4 Å². The van der Waals surface area contributed by atoms with Gasteiger partial charge in [0.1, 0.15) is 11.6 Å². The van der Waals surface area contributed by atoms with E-state index in [-0.39, 0.29) is 23.8 Å². The molecule has 3 amide bonds. The molecule has 6 rings (SSSR count). The van der Waals surface area contributed by atoms with Crippen LogP contribution in [-0.4, -0.2) is 77.5 Å². The van der Waals surface area contributed by atoms with E-state index in [0.29, 0.717) is 23.8 Å². The smallest absolute Gasteiger partial charge is 0.246 e. The van der Waals surface area contributed by atoms with Crippen LogP contribution in [0.25, 0.3) is 0 Å². The van der Waals surface area contributed by atoms with E-state index in [1.54, 1.807) is 29.2 Å². The summed E-state index contributed by atoms with van der Waals surface area (Å²) in [6.45, 7) is 3.19. The van der Waals surface area contributed by atoms with E-state index >= 15 is 0 Å². The molecule has 1 saturated carbocycles. The number of nitrogens with one attached hydrogen (secondary N) is 2. The van der Waals surface area contributed by atoms with Crippen LogP contribution in [0, 0.1) is 11.8 Å². The topological polar surface area (TPSA) is 91.0 Å². The number of hydrogen-bond acceptors (Lipinski definition) is 5. The number of hydrogen-bond donors (Lipinski definition) is 2. The molecule has 4 fully saturated rings. The first kappa shape index (κ1) is 26.8. The molecule has 1 aliphatic carbocycles. The number of fused-ring (bicyclic) bond motifs is 1. The lowest BCUT2D eigenvalue weighted by molar-refractivity contribution is -0.141. The normalized spacial score (nSPS) is 32.7. The molecule has 1 aromatic carbocycles. The Bertz CT molecular complexity index is 1130. The van der Waals surface area contributed by atoms with Crippen molar-refractivity contribution in [1.82, 2.24) is 15.1 Å². The van der Waals surface area contributed by atoms with Gasteiger partial charge in [-0.05, 0) is 57.0 Å². The Morgan fingerprint density at radius 1 is 1.00 bits per heavy atom. The summed E-state index contributed by atoms with van der Waals surface area (Å²) in [5, 5.41) is 6.72. The van der Waals surface area contributed by atoms with Gasteiger partial charge >= 0.3 is 0 Å². The van der Waals surface area contributed by atoms with E-state index in [1.807, 2.05) is 12.2 Å². The van der Waals surface area contributed by atoms with Crippen molar-refractivity contribution in [1.29, 1.82) is 0 Å². The maximum atomic E-state index is 14.2. The van der Waals surface area contributed by atoms with Crippen LogP contribution in [0.1, 0.15) is 57.8 Å². The third kappa shape index (κ3) is 5.11. The second-order valence-corrected chi connectivity index (χ2v) is 12.3. The zero-order valence-electron chi connectivity index (χ0n) is 22.4. The molecule has 4 heterocycles. The second kappa shape index (κ2) is 11.2. The number of nitrogens with zero attached hydrogens (tertiary/aromatic N) is 2. The fourth-order valence-corrected chi connectivity index (χ4v) is 7.63. The molecular formula is C30H39ClN4O4. The number of halogens is 1. The predicted molar refractivity (Wildman–Crippen MR) is 149 cm³/mol. The molecule has 3 saturated heterocycles. The lowest BCUT2D eigenvalue weighted by atomic mass is 9.74. The van der Waals surface area contributed by atoms with Crippen LogP contribution in [0.5, 0.6) is 0 Å². The molecule has 8 nitrogen and oxygen atoms in total. The van der Waals surface area contributed by atoms with Gasteiger partial charge in [0, 0.05) is 29.8 Å². The number of ether oxygens (including phenoxy) is 1. The van der Waals surface area contributed by atoms with Gasteiger partial charge in [0.15, 0.2) is 0 Å². The van der Waals surface area contributed by atoms with Crippen molar-refractivity contribution in [3.05, 3.63) is 41.4 Å². The third-order valence-electron chi connectivity index (χ3n) is 9.32. The first-order valence-electron chi connectivity index (χ1n) is 14.7. The Labute approximate surface area is 235 Å². The standard InChI is InChI=1S/C30H39ClN4O4/c31-20-9-8-12-22(19-20)33-27(36)24-23-13-14-30(39-23)25(24)29(38)35(18-17-34-15-6-1-2-7-16-34)26(30)28(37)32-21-10-4-3-5-11-21/h8-9,12-14,19,21,23-26H,1-7,10-11,15-18H2,(H,32,37)(H,33,36)/t23-,24-,25-,26-,30-/m0/s1. The minimum atomic E-state index is -1.13. The van der Waals surface area contributed by atoms with Crippen molar-refractivity contribution < 1.29 is 19.1 Å². The fourth-order valence-electron chi connectivity index (χ4n) is 7.44. The van der Waals surface area contributed by atoms with Crippen LogP contribution in [0.3, 0.4) is 0 Å². The molecule has 4 aliphatic heterocycles. The molecule has 1 aromatic rings. The summed E-state index contributed by atoms with van der Waals surface area (Å²) in [6, 6.07) is 6.31. The first-order chi connectivity index (χ1) is 19.0. The molecule has 2 N–H and O–H groups in total. The third-order valence-corrected chi connectivity index (χ3v) is 9.56. The molecule has 5 aliphatic rings. The number of amides is 3. The van der Waals surface area contributed by atoms with Crippen molar-refractivity contribution in [2.45, 2.75) is 81.6 Å². The minimum absolute atomic E-state index is 0.119. The van der Waals surface area contributed by atoms with E-state index in [0.717, 1.165) is 51.6 Å². The highest BCUT2D eigenvalue weighted by molar-refractivity contribution is 6.30. The summed E-state index contributed by atoms with van der Waals surface area (Å²) >= 11 is 6.13. The van der Waals surface area contributed by atoms with E-state index in [2.05, 4.69) is 15.5 Å². The van der Waals surface area contributed by atoms with E-state index < -0.39 is 29.6 Å². The maximum absolute atomic E-state index is 14.2. The fraction of sp³-hybridized carbons (Fsp3) is 0.633. The van der Waals surface area contributed by atoms with Crippen molar-refractivity contribution in [2.75, 3.05) is 31.5 Å². The second-order valence-electron chi connectivity index (χ2n) is 11.8. The minimum Gasteiger partial charge on any atom is -0.359 e. The Morgan fingerprint density at radius 2 is 1.74 bits per heavy atom. The number of rotatable bonds is 7. The quantitative estimate of drug-likeness (QED) is 0.501. The SMILES string of the molecule is O=C(Nc1cccc(Cl)c1)[C@H]1[C@@H]2C=C[C@]3(O2)[C@@H]1C(=O)N(CCN1CCCCCC1)[C@H]3C(=O)NC1CCCCC1. The van der Waals surface area contributed by atoms with Crippen LogP contribution in [0.2, 0.25) is 5.02 Å². The molecule has 210 valence electrons. The van der Waals surface area contributed by atoms with Crippen molar-refractivity contribution in [3.63, 3.8) is 0 Å². The lowest BCUT2D eigenvalue weighted by Gasteiger charge is -2.35. The van der Waals surface area contributed by atoms with Crippen molar-refractivity contribution in [3.8, 4) is 0 Å². The highest BCUT2D eigenvalue weighted by atomic mass is 35.5. The van der Waals surface area contributed by atoms with E-state index in [1.165, 1.54) is 19.3 Å². The van der Waals surface area contributed by atoms with Gasteiger partial charge in [0.25, 0.3) is 0 Å². The zero-order chi connectivity index (χ0) is 27.0. The Hall–Kier alpha value is -2.42. The molecule has 1 spiro atoms.